The summed E-state index contributed by atoms with van der Waals surface area (Å²) >= 11 is 29.9. The van der Waals surface area contributed by atoms with Crippen LogP contribution in [-0.2, 0) is 0 Å². The Morgan fingerprint density at radius 1 is 1.12 bits per heavy atom. The van der Waals surface area contributed by atoms with Gasteiger partial charge in [0.2, 0.25) is 0 Å². The molecular weight excluding hydrogens is 538 g/mol. The Kier molecular flexibility index (Phi) is 7.37. The van der Waals surface area contributed by atoms with Crippen LogP contribution < -0.4 is 15.4 Å². The highest BCUT2D eigenvalue weighted by Crippen LogP contribution is 2.34. The molecule has 1 amide bonds. The lowest BCUT2D eigenvalue weighted by Gasteiger charge is -2.14. The number of thiocarbonyl (C=S) groups is 1. The molecule has 2 N–H and O–H groups in total. The molecule has 0 saturated carbocycles. The van der Waals surface area contributed by atoms with E-state index in [9.17, 15) is 4.79 Å². The van der Waals surface area contributed by atoms with Crippen molar-refractivity contribution in [3.8, 4) is 5.75 Å². The maximum atomic E-state index is 12.5. The lowest BCUT2D eigenvalue weighted by molar-refractivity contribution is 0.0974. The molecule has 2 aromatic rings. The SMILES string of the molecule is COc1c(Br)cc(Br)cc1C(=O)NC(=S)Nc1c(Cl)cc(Cl)cc1Cl. The van der Waals surface area contributed by atoms with E-state index in [0.29, 0.717) is 31.0 Å². The molecule has 0 aliphatic heterocycles. The van der Waals surface area contributed by atoms with Crippen molar-refractivity contribution in [3.05, 3.63) is 53.8 Å². The van der Waals surface area contributed by atoms with Crippen LogP contribution in [-0.4, -0.2) is 18.1 Å². The van der Waals surface area contributed by atoms with Crippen LogP contribution in [0, 0.1) is 0 Å². The van der Waals surface area contributed by atoms with Gasteiger partial charge in [-0.05, 0) is 52.4 Å². The van der Waals surface area contributed by atoms with E-state index in [-0.39, 0.29) is 15.2 Å². The molecule has 0 saturated heterocycles. The fourth-order valence-corrected chi connectivity index (χ4v) is 4.41. The number of halogens is 5. The zero-order chi connectivity index (χ0) is 18.7. The van der Waals surface area contributed by atoms with Crippen LogP contribution in [0.2, 0.25) is 15.1 Å². The summed E-state index contributed by atoms with van der Waals surface area (Å²) in [6.45, 7) is 0. The lowest BCUT2D eigenvalue weighted by Crippen LogP contribution is -2.34. The summed E-state index contributed by atoms with van der Waals surface area (Å²) in [5.41, 5.74) is 0.640. The Morgan fingerprint density at radius 3 is 2.28 bits per heavy atom. The van der Waals surface area contributed by atoms with E-state index in [2.05, 4.69) is 42.5 Å². The van der Waals surface area contributed by atoms with Crippen LogP contribution in [0.3, 0.4) is 0 Å². The van der Waals surface area contributed by atoms with Gasteiger partial charge < -0.3 is 10.1 Å². The van der Waals surface area contributed by atoms with Crippen molar-refractivity contribution in [2.45, 2.75) is 0 Å². The molecule has 4 nitrogen and oxygen atoms in total. The Bertz CT molecular complexity index is 842. The Morgan fingerprint density at radius 2 is 1.72 bits per heavy atom. The number of carbonyl (C=O) groups is 1. The summed E-state index contributed by atoms with van der Waals surface area (Å²) in [6.07, 6.45) is 0. The number of benzene rings is 2. The molecule has 0 radical (unpaired) electrons. The van der Waals surface area contributed by atoms with Crippen molar-refractivity contribution in [1.82, 2.24) is 5.32 Å². The highest BCUT2D eigenvalue weighted by Gasteiger charge is 2.18. The number of hydrogen-bond donors (Lipinski definition) is 2. The average molecular weight is 547 g/mol. The minimum absolute atomic E-state index is 0.0225. The van der Waals surface area contributed by atoms with Gasteiger partial charge in [-0.2, -0.15) is 0 Å². The normalized spacial score (nSPS) is 10.3. The van der Waals surface area contributed by atoms with Gasteiger partial charge in [-0.3, -0.25) is 10.1 Å². The lowest BCUT2D eigenvalue weighted by atomic mass is 10.2. The second kappa shape index (κ2) is 8.88. The fraction of sp³-hybridized carbons (Fsp3) is 0.0667. The van der Waals surface area contributed by atoms with Crippen molar-refractivity contribution >= 4 is 95.6 Å². The number of hydrogen-bond acceptors (Lipinski definition) is 3. The van der Waals surface area contributed by atoms with Crippen molar-refractivity contribution < 1.29 is 9.53 Å². The average Bonchev–Trinajstić information content (AvgIpc) is 2.50. The molecule has 2 rings (SSSR count). The molecule has 0 unspecified atom stereocenters. The fourth-order valence-electron chi connectivity index (χ4n) is 1.91. The molecular formula is C15H9Br2Cl3N2O2S. The van der Waals surface area contributed by atoms with E-state index in [1.54, 1.807) is 12.1 Å². The van der Waals surface area contributed by atoms with Crippen LogP contribution in [0.5, 0.6) is 5.75 Å². The topological polar surface area (TPSA) is 50.4 Å². The van der Waals surface area contributed by atoms with E-state index in [1.807, 2.05) is 0 Å². The molecule has 0 fully saturated rings. The first-order valence-electron chi connectivity index (χ1n) is 6.52. The smallest absolute Gasteiger partial charge is 0.261 e. The van der Waals surface area contributed by atoms with Gasteiger partial charge in [0.05, 0.1) is 32.9 Å². The highest BCUT2D eigenvalue weighted by atomic mass is 79.9. The molecule has 0 spiro atoms. The second-order valence-corrected chi connectivity index (χ2v) is 8.05. The molecule has 132 valence electrons. The third kappa shape index (κ3) is 5.21. The third-order valence-electron chi connectivity index (χ3n) is 2.93. The van der Waals surface area contributed by atoms with E-state index < -0.39 is 5.91 Å². The molecule has 2 aromatic carbocycles. The first kappa shape index (κ1) is 20.7. The van der Waals surface area contributed by atoms with Gasteiger partial charge in [0.1, 0.15) is 5.75 Å². The molecule has 0 aliphatic carbocycles. The molecule has 0 bridgehead atoms. The van der Waals surface area contributed by atoms with Gasteiger partial charge in [0.15, 0.2) is 5.11 Å². The number of amides is 1. The van der Waals surface area contributed by atoms with Gasteiger partial charge in [-0.25, -0.2) is 0 Å². The molecule has 25 heavy (non-hydrogen) atoms. The van der Waals surface area contributed by atoms with E-state index in [0.717, 1.165) is 0 Å². The van der Waals surface area contributed by atoms with E-state index in [4.69, 9.17) is 51.8 Å². The first-order valence-corrected chi connectivity index (χ1v) is 9.65. The molecule has 0 aromatic heterocycles. The Hall–Kier alpha value is -0.570. The minimum atomic E-state index is -0.461. The predicted molar refractivity (Wildman–Crippen MR) is 114 cm³/mol. The summed E-state index contributed by atoms with van der Waals surface area (Å²) in [6, 6.07) is 6.40. The summed E-state index contributed by atoms with van der Waals surface area (Å²) in [5.74, 6) is -0.0800. The highest BCUT2D eigenvalue weighted by molar-refractivity contribution is 9.11. The Labute approximate surface area is 181 Å². The maximum absolute atomic E-state index is 12.5. The summed E-state index contributed by atoms with van der Waals surface area (Å²) in [4.78, 5) is 12.5. The number of nitrogens with one attached hydrogen (secondary N) is 2. The van der Waals surface area contributed by atoms with Crippen molar-refractivity contribution in [1.29, 1.82) is 0 Å². The number of rotatable bonds is 3. The Balaban J connectivity index is 2.21. The molecule has 10 heteroatoms. The molecule has 0 atom stereocenters. The van der Waals surface area contributed by atoms with Crippen LogP contribution in [0.1, 0.15) is 10.4 Å². The van der Waals surface area contributed by atoms with Crippen molar-refractivity contribution in [2.24, 2.45) is 0 Å². The first-order chi connectivity index (χ1) is 11.7. The second-order valence-electron chi connectivity index (χ2n) is 4.62. The van der Waals surface area contributed by atoms with Gasteiger partial charge >= 0.3 is 0 Å². The van der Waals surface area contributed by atoms with Crippen LogP contribution in [0.25, 0.3) is 0 Å². The van der Waals surface area contributed by atoms with Crippen LogP contribution in [0.15, 0.2) is 33.2 Å². The van der Waals surface area contributed by atoms with Crippen molar-refractivity contribution in [2.75, 3.05) is 12.4 Å². The van der Waals surface area contributed by atoms with Crippen LogP contribution >= 0.6 is 78.9 Å². The largest absolute Gasteiger partial charge is 0.495 e. The number of anilines is 1. The van der Waals surface area contributed by atoms with Gasteiger partial charge in [-0.1, -0.05) is 50.7 Å². The maximum Gasteiger partial charge on any atom is 0.261 e. The monoisotopic (exact) mass is 544 g/mol. The summed E-state index contributed by atoms with van der Waals surface area (Å²) < 4.78 is 6.58. The number of ether oxygens (including phenoxy) is 1. The summed E-state index contributed by atoms with van der Waals surface area (Å²) in [5, 5.41) is 6.30. The zero-order valence-corrected chi connectivity index (χ0v) is 18.7. The van der Waals surface area contributed by atoms with Gasteiger partial charge in [-0.15, -0.1) is 0 Å². The number of carbonyl (C=O) groups excluding carboxylic acids is 1. The standard InChI is InChI=1S/C15H9Br2Cl3N2O2S/c1-24-13-8(2-6(16)3-9(13)17)14(23)22-15(25)21-12-10(19)4-7(18)5-11(12)20/h2-5H,1H3,(H2,21,22,23,25). The van der Waals surface area contributed by atoms with Gasteiger partial charge in [0.25, 0.3) is 5.91 Å². The summed E-state index contributed by atoms with van der Waals surface area (Å²) in [7, 11) is 1.47. The van der Waals surface area contributed by atoms with E-state index in [1.165, 1.54) is 19.2 Å². The van der Waals surface area contributed by atoms with Crippen molar-refractivity contribution in [3.63, 3.8) is 0 Å². The molecule has 0 aliphatic rings. The van der Waals surface area contributed by atoms with E-state index >= 15 is 0 Å². The minimum Gasteiger partial charge on any atom is -0.495 e. The van der Waals surface area contributed by atoms with Crippen LogP contribution in [0.4, 0.5) is 5.69 Å². The quantitative estimate of drug-likeness (QED) is 0.443. The van der Waals surface area contributed by atoms with Gasteiger partial charge in [0, 0.05) is 9.50 Å². The third-order valence-corrected chi connectivity index (χ3v) is 5.00. The predicted octanol–water partition coefficient (Wildman–Crippen LogP) is 6.31. The zero-order valence-electron chi connectivity index (χ0n) is 12.4. The molecule has 0 heterocycles. The number of methoxy groups -OCH3 is 1.